The van der Waals surface area contributed by atoms with Crippen molar-refractivity contribution in [3.8, 4) is 10.4 Å². The quantitative estimate of drug-likeness (QED) is 0.699. The number of amides is 1. The number of carbonyl (C=O) groups is 1. The Kier molecular flexibility index (Phi) is 4.94. The van der Waals surface area contributed by atoms with Crippen LogP contribution in [0.2, 0.25) is 5.02 Å². The van der Waals surface area contributed by atoms with E-state index in [1.165, 1.54) is 18.2 Å². The molecule has 128 valence electrons. The SMILES string of the molecule is CS(=O)(=O)c1ccc(Cl)c(C(=O)Nc2ccccc2-c2cccs2)c1. The molecule has 0 saturated carbocycles. The molecule has 4 nitrogen and oxygen atoms in total. The highest BCUT2D eigenvalue weighted by atomic mass is 35.5. The molecule has 0 unspecified atom stereocenters. The zero-order chi connectivity index (χ0) is 18.0. The highest BCUT2D eigenvalue weighted by Crippen LogP contribution is 2.32. The number of benzene rings is 2. The molecule has 1 amide bonds. The molecular weight excluding hydrogens is 378 g/mol. The lowest BCUT2D eigenvalue weighted by molar-refractivity contribution is 0.102. The van der Waals surface area contributed by atoms with Crippen LogP contribution >= 0.6 is 22.9 Å². The van der Waals surface area contributed by atoms with Gasteiger partial charge >= 0.3 is 0 Å². The fraction of sp³-hybridized carbons (Fsp3) is 0.0556. The van der Waals surface area contributed by atoms with Crippen LogP contribution in [0.25, 0.3) is 10.4 Å². The molecule has 1 heterocycles. The molecule has 0 bridgehead atoms. The van der Waals surface area contributed by atoms with Crippen LogP contribution < -0.4 is 5.32 Å². The number of anilines is 1. The van der Waals surface area contributed by atoms with E-state index >= 15 is 0 Å². The summed E-state index contributed by atoms with van der Waals surface area (Å²) in [7, 11) is -3.43. The van der Waals surface area contributed by atoms with E-state index in [1.54, 1.807) is 17.4 Å². The Bertz CT molecular complexity index is 1030. The average Bonchev–Trinajstić information content (AvgIpc) is 3.09. The maximum atomic E-state index is 12.6. The number of hydrogen-bond acceptors (Lipinski definition) is 4. The molecular formula is C18H14ClNO3S2. The molecule has 0 atom stereocenters. The summed E-state index contributed by atoms with van der Waals surface area (Å²) in [4.78, 5) is 13.7. The van der Waals surface area contributed by atoms with Crippen molar-refractivity contribution in [1.29, 1.82) is 0 Å². The van der Waals surface area contributed by atoms with Crippen molar-refractivity contribution in [3.05, 3.63) is 70.6 Å². The van der Waals surface area contributed by atoms with Crippen LogP contribution in [0, 0.1) is 0 Å². The summed E-state index contributed by atoms with van der Waals surface area (Å²) >= 11 is 7.66. The van der Waals surface area contributed by atoms with Crippen molar-refractivity contribution >= 4 is 44.4 Å². The van der Waals surface area contributed by atoms with Crippen LogP contribution in [-0.2, 0) is 9.84 Å². The van der Waals surface area contributed by atoms with Crippen LogP contribution in [0.5, 0.6) is 0 Å². The van der Waals surface area contributed by atoms with Gasteiger partial charge in [0.25, 0.3) is 5.91 Å². The van der Waals surface area contributed by atoms with E-state index in [4.69, 9.17) is 11.6 Å². The maximum absolute atomic E-state index is 12.6. The Morgan fingerprint density at radius 1 is 1.08 bits per heavy atom. The van der Waals surface area contributed by atoms with Gasteiger partial charge in [-0.2, -0.15) is 0 Å². The minimum Gasteiger partial charge on any atom is -0.321 e. The molecule has 0 spiro atoms. The zero-order valence-electron chi connectivity index (χ0n) is 13.2. The second kappa shape index (κ2) is 7.00. The van der Waals surface area contributed by atoms with Crippen molar-refractivity contribution in [3.63, 3.8) is 0 Å². The molecule has 1 N–H and O–H groups in total. The summed E-state index contributed by atoms with van der Waals surface area (Å²) in [6, 6.07) is 15.4. The van der Waals surface area contributed by atoms with Gasteiger partial charge in [0.05, 0.1) is 15.5 Å². The van der Waals surface area contributed by atoms with Gasteiger partial charge in [0.1, 0.15) is 0 Å². The summed E-state index contributed by atoms with van der Waals surface area (Å²) in [5.41, 5.74) is 1.64. The summed E-state index contributed by atoms with van der Waals surface area (Å²) in [6.45, 7) is 0. The smallest absolute Gasteiger partial charge is 0.257 e. The van der Waals surface area contributed by atoms with Gasteiger partial charge < -0.3 is 5.32 Å². The zero-order valence-corrected chi connectivity index (χ0v) is 15.6. The third kappa shape index (κ3) is 3.92. The topological polar surface area (TPSA) is 63.2 Å². The Balaban J connectivity index is 1.97. The second-order valence-corrected chi connectivity index (χ2v) is 8.76. The largest absolute Gasteiger partial charge is 0.321 e. The van der Waals surface area contributed by atoms with Gasteiger partial charge in [0.15, 0.2) is 9.84 Å². The first-order valence-corrected chi connectivity index (χ1v) is 10.4. The third-order valence-corrected chi connectivity index (χ3v) is 5.92. The second-order valence-electron chi connectivity index (χ2n) is 5.39. The van der Waals surface area contributed by atoms with Crippen LogP contribution in [0.1, 0.15) is 10.4 Å². The van der Waals surface area contributed by atoms with E-state index in [2.05, 4.69) is 5.32 Å². The highest BCUT2D eigenvalue weighted by Gasteiger charge is 2.17. The number of para-hydroxylation sites is 1. The molecule has 3 rings (SSSR count). The van der Waals surface area contributed by atoms with E-state index in [9.17, 15) is 13.2 Å². The average molecular weight is 392 g/mol. The predicted molar refractivity (Wildman–Crippen MR) is 102 cm³/mol. The fourth-order valence-electron chi connectivity index (χ4n) is 2.34. The van der Waals surface area contributed by atoms with E-state index < -0.39 is 15.7 Å². The van der Waals surface area contributed by atoms with Gasteiger partial charge in [-0.05, 0) is 35.7 Å². The lowest BCUT2D eigenvalue weighted by atomic mass is 10.1. The van der Waals surface area contributed by atoms with E-state index in [0.717, 1.165) is 16.7 Å². The van der Waals surface area contributed by atoms with Crippen molar-refractivity contribution in [2.75, 3.05) is 11.6 Å². The molecule has 0 aliphatic carbocycles. The van der Waals surface area contributed by atoms with Gasteiger partial charge in [-0.3, -0.25) is 4.79 Å². The molecule has 0 fully saturated rings. The molecule has 3 aromatic rings. The Hall–Kier alpha value is -2.15. The lowest BCUT2D eigenvalue weighted by Crippen LogP contribution is -2.14. The molecule has 7 heteroatoms. The van der Waals surface area contributed by atoms with Crippen molar-refractivity contribution in [2.24, 2.45) is 0 Å². The molecule has 0 aliphatic rings. The molecule has 2 aromatic carbocycles. The maximum Gasteiger partial charge on any atom is 0.257 e. The van der Waals surface area contributed by atoms with Crippen molar-refractivity contribution in [1.82, 2.24) is 0 Å². The van der Waals surface area contributed by atoms with Crippen LogP contribution in [0.15, 0.2) is 64.9 Å². The van der Waals surface area contributed by atoms with Crippen molar-refractivity contribution in [2.45, 2.75) is 4.90 Å². The van der Waals surface area contributed by atoms with Gasteiger partial charge in [-0.1, -0.05) is 35.9 Å². The summed E-state index contributed by atoms with van der Waals surface area (Å²) < 4.78 is 23.4. The molecule has 0 aliphatic heterocycles. The lowest BCUT2D eigenvalue weighted by Gasteiger charge is -2.11. The minimum atomic E-state index is -3.43. The Labute approximate surface area is 155 Å². The normalized spacial score (nSPS) is 11.3. The van der Waals surface area contributed by atoms with Crippen molar-refractivity contribution < 1.29 is 13.2 Å². The molecule has 25 heavy (non-hydrogen) atoms. The first-order valence-electron chi connectivity index (χ1n) is 7.30. The number of halogens is 1. The minimum absolute atomic E-state index is 0.0496. The van der Waals surface area contributed by atoms with Crippen LogP contribution in [0.3, 0.4) is 0 Å². The van der Waals surface area contributed by atoms with Gasteiger partial charge in [-0.25, -0.2) is 8.42 Å². The van der Waals surface area contributed by atoms with E-state index in [-0.39, 0.29) is 15.5 Å². The summed E-state index contributed by atoms with van der Waals surface area (Å²) in [6.07, 6.45) is 1.09. The van der Waals surface area contributed by atoms with Gasteiger partial charge in [0.2, 0.25) is 0 Å². The Morgan fingerprint density at radius 3 is 2.52 bits per heavy atom. The number of rotatable bonds is 4. The first kappa shape index (κ1) is 17.7. The number of hydrogen-bond donors (Lipinski definition) is 1. The fourth-order valence-corrected chi connectivity index (χ4v) is 3.95. The van der Waals surface area contributed by atoms with Crippen LogP contribution in [-0.4, -0.2) is 20.6 Å². The molecule has 0 radical (unpaired) electrons. The highest BCUT2D eigenvalue weighted by molar-refractivity contribution is 7.90. The van der Waals surface area contributed by atoms with Gasteiger partial charge in [-0.15, -0.1) is 11.3 Å². The van der Waals surface area contributed by atoms with Crippen LogP contribution in [0.4, 0.5) is 5.69 Å². The molecule has 1 aromatic heterocycles. The number of carbonyl (C=O) groups excluding carboxylic acids is 1. The third-order valence-electron chi connectivity index (χ3n) is 3.57. The number of thiophene rings is 1. The number of sulfone groups is 1. The van der Waals surface area contributed by atoms with Gasteiger partial charge in [0, 0.05) is 22.4 Å². The molecule has 0 saturated heterocycles. The summed E-state index contributed by atoms with van der Waals surface area (Å²) in [5, 5.41) is 4.97. The standard InChI is InChI=1S/C18H14ClNO3S2/c1-25(22,23)12-8-9-15(19)14(11-12)18(21)20-16-6-3-2-5-13(16)17-7-4-10-24-17/h2-11H,1H3,(H,20,21). The van der Waals surface area contributed by atoms with E-state index in [0.29, 0.717) is 5.69 Å². The monoisotopic (exact) mass is 391 g/mol. The van der Waals surface area contributed by atoms with E-state index in [1.807, 2.05) is 35.7 Å². The predicted octanol–water partition coefficient (Wildman–Crippen LogP) is 4.72. The number of nitrogens with one attached hydrogen (secondary N) is 1. The first-order chi connectivity index (χ1) is 11.9. The Morgan fingerprint density at radius 2 is 1.84 bits per heavy atom. The summed E-state index contributed by atoms with van der Waals surface area (Å²) in [5.74, 6) is -0.459.